The van der Waals surface area contributed by atoms with Gasteiger partial charge in [0.05, 0.1) is 4.90 Å². The largest absolute Gasteiger partial charge is 0.371 e. The fourth-order valence-electron chi connectivity index (χ4n) is 3.47. The second kappa shape index (κ2) is 8.75. The highest BCUT2D eigenvalue weighted by atomic mass is 32.2. The van der Waals surface area contributed by atoms with Crippen molar-refractivity contribution in [3.05, 3.63) is 54.1 Å². The van der Waals surface area contributed by atoms with Crippen molar-refractivity contribution in [2.75, 3.05) is 36.4 Å². The summed E-state index contributed by atoms with van der Waals surface area (Å²) in [5.74, 6) is -0.324. The molecule has 1 fully saturated rings. The number of benzene rings is 2. The van der Waals surface area contributed by atoms with Gasteiger partial charge < -0.3 is 10.2 Å². The molecule has 0 spiro atoms. The molecule has 0 aliphatic carbocycles. The number of nitrogens with one attached hydrogen (secondary N) is 1. The Morgan fingerprint density at radius 3 is 2.39 bits per heavy atom. The van der Waals surface area contributed by atoms with E-state index in [0.29, 0.717) is 24.3 Å². The summed E-state index contributed by atoms with van der Waals surface area (Å²) >= 11 is 0. The fraction of sp³-hybridized carbons (Fsp3) is 0.381. The molecule has 0 bridgehead atoms. The predicted octanol–water partition coefficient (Wildman–Crippen LogP) is 3.57. The number of hydrogen-bond acceptors (Lipinski definition) is 4. The van der Waals surface area contributed by atoms with Crippen molar-refractivity contribution in [1.29, 1.82) is 0 Å². The van der Waals surface area contributed by atoms with Gasteiger partial charge in [0.15, 0.2) is 0 Å². The lowest BCUT2D eigenvalue weighted by Gasteiger charge is -2.19. The molecule has 6 nitrogen and oxygen atoms in total. The molecule has 7 heteroatoms. The van der Waals surface area contributed by atoms with Crippen molar-refractivity contribution in [2.45, 2.75) is 31.6 Å². The van der Waals surface area contributed by atoms with E-state index in [1.807, 2.05) is 24.3 Å². The van der Waals surface area contributed by atoms with Gasteiger partial charge in [-0.2, -0.15) is 4.31 Å². The third-order valence-corrected chi connectivity index (χ3v) is 7.06. The van der Waals surface area contributed by atoms with Crippen LogP contribution in [0.15, 0.2) is 53.4 Å². The van der Waals surface area contributed by atoms with E-state index in [1.165, 1.54) is 29.3 Å². The zero-order valence-electron chi connectivity index (χ0n) is 16.4. The number of hydrogen-bond donors (Lipinski definition) is 1. The van der Waals surface area contributed by atoms with Crippen molar-refractivity contribution in [1.82, 2.24) is 4.31 Å². The van der Waals surface area contributed by atoms with Crippen LogP contribution in [-0.2, 0) is 10.0 Å². The molecule has 1 N–H and O–H groups in total. The van der Waals surface area contributed by atoms with Crippen LogP contribution in [0, 0.1) is 0 Å². The first kappa shape index (κ1) is 20.4. The van der Waals surface area contributed by atoms with Crippen LogP contribution in [0.2, 0.25) is 0 Å². The van der Waals surface area contributed by atoms with Gasteiger partial charge in [-0.25, -0.2) is 8.42 Å². The molecule has 0 saturated carbocycles. The fourth-order valence-corrected chi connectivity index (χ4v) is 4.97. The summed E-state index contributed by atoms with van der Waals surface area (Å²) in [4.78, 5) is 15.1. The van der Waals surface area contributed by atoms with E-state index in [0.717, 1.165) is 18.8 Å². The van der Waals surface area contributed by atoms with E-state index in [2.05, 4.69) is 10.2 Å². The molecule has 28 heavy (non-hydrogen) atoms. The van der Waals surface area contributed by atoms with Gasteiger partial charge >= 0.3 is 0 Å². The summed E-state index contributed by atoms with van der Waals surface area (Å²) in [7, 11) is -3.60. The quantitative estimate of drug-likeness (QED) is 0.770. The monoisotopic (exact) mass is 401 g/mol. The lowest BCUT2D eigenvalue weighted by Crippen LogP contribution is -2.30. The number of nitrogens with zero attached hydrogens (tertiary/aromatic N) is 2. The summed E-state index contributed by atoms with van der Waals surface area (Å²) in [5.41, 5.74) is 2.11. The molecule has 150 valence electrons. The van der Waals surface area contributed by atoms with Crippen LogP contribution < -0.4 is 10.2 Å². The minimum atomic E-state index is -3.60. The molecular weight excluding hydrogens is 374 g/mol. The van der Waals surface area contributed by atoms with Crippen molar-refractivity contribution >= 4 is 27.3 Å². The van der Waals surface area contributed by atoms with Crippen LogP contribution in [0.25, 0.3) is 0 Å². The topological polar surface area (TPSA) is 69.7 Å². The minimum Gasteiger partial charge on any atom is -0.371 e. The van der Waals surface area contributed by atoms with Gasteiger partial charge in [-0.05, 0) is 49.2 Å². The van der Waals surface area contributed by atoms with Gasteiger partial charge in [0.2, 0.25) is 10.0 Å². The molecule has 0 unspecified atom stereocenters. The first-order chi connectivity index (χ1) is 13.5. The molecule has 2 aromatic carbocycles. The van der Waals surface area contributed by atoms with Gasteiger partial charge in [-0.1, -0.05) is 26.0 Å². The molecule has 3 rings (SSSR count). The lowest BCUT2D eigenvalue weighted by atomic mass is 10.2. The summed E-state index contributed by atoms with van der Waals surface area (Å²) in [5, 5.41) is 2.88. The standard InChI is InChI=1S/C21H27N3O3S/c1-3-24(4-2)28(26,27)20-12-7-9-17(15-20)21(25)22-18-10-8-11-19(16-18)23-13-5-6-14-23/h7-12,15-16H,3-6,13-14H2,1-2H3,(H,22,25). The van der Waals surface area contributed by atoms with Crippen molar-refractivity contribution in [3.63, 3.8) is 0 Å². The minimum absolute atomic E-state index is 0.134. The van der Waals surface area contributed by atoms with E-state index >= 15 is 0 Å². The highest BCUT2D eigenvalue weighted by Gasteiger charge is 2.22. The van der Waals surface area contributed by atoms with Gasteiger partial charge in [-0.3, -0.25) is 4.79 Å². The van der Waals surface area contributed by atoms with Crippen LogP contribution in [0.1, 0.15) is 37.0 Å². The highest BCUT2D eigenvalue weighted by Crippen LogP contribution is 2.24. The molecule has 0 radical (unpaired) electrons. The first-order valence-corrected chi connectivity index (χ1v) is 11.2. The second-order valence-electron chi connectivity index (χ2n) is 6.82. The molecule has 0 atom stereocenters. The highest BCUT2D eigenvalue weighted by molar-refractivity contribution is 7.89. The van der Waals surface area contributed by atoms with Crippen LogP contribution in [0.3, 0.4) is 0 Å². The summed E-state index contributed by atoms with van der Waals surface area (Å²) in [6, 6.07) is 14.0. The average Bonchev–Trinajstić information content (AvgIpc) is 3.24. The van der Waals surface area contributed by atoms with E-state index < -0.39 is 10.0 Å². The van der Waals surface area contributed by atoms with Gasteiger partial charge in [0.1, 0.15) is 0 Å². The van der Waals surface area contributed by atoms with E-state index in [1.54, 1.807) is 26.0 Å². The molecule has 1 aliphatic heterocycles. The van der Waals surface area contributed by atoms with Crippen molar-refractivity contribution in [2.24, 2.45) is 0 Å². The maximum Gasteiger partial charge on any atom is 0.255 e. The van der Waals surface area contributed by atoms with Crippen LogP contribution in [0.5, 0.6) is 0 Å². The predicted molar refractivity (Wildman–Crippen MR) is 112 cm³/mol. The zero-order valence-corrected chi connectivity index (χ0v) is 17.2. The Morgan fingerprint density at radius 1 is 1.04 bits per heavy atom. The Bertz CT molecular complexity index is 933. The molecule has 1 heterocycles. The van der Waals surface area contributed by atoms with Crippen molar-refractivity contribution < 1.29 is 13.2 Å². The van der Waals surface area contributed by atoms with E-state index in [-0.39, 0.29) is 10.8 Å². The number of carbonyl (C=O) groups excluding carboxylic acids is 1. The normalized spacial score (nSPS) is 14.5. The zero-order chi connectivity index (χ0) is 20.1. The number of rotatable bonds is 7. The molecule has 1 saturated heterocycles. The maximum atomic E-state index is 12.7. The second-order valence-corrected chi connectivity index (χ2v) is 8.75. The molecular formula is C21H27N3O3S. The molecule has 1 amide bonds. The Balaban J connectivity index is 1.79. The lowest BCUT2D eigenvalue weighted by molar-refractivity contribution is 0.102. The Kier molecular flexibility index (Phi) is 6.36. The average molecular weight is 402 g/mol. The number of carbonyl (C=O) groups is 1. The summed E-state index contributed by atoms with van der Waals surface area (Å²) in [6.07, 6.45) is 2.37. The molecule has 2 aromatic rings. The van der Waals surface area contributed by atoms with E-state index in [9.17, 15) is 13.2 Å². The maximum absolute atomic E-state index is 12.7. The number of sulfonamides is 1. The van der Waals surface area contributed by atoms with Gasteiger partial charge in [0, 0.05) is 43.1 Å². The van der Waals surface area contributed by atoms with Crippen LogP contribution in [-0.4, -0.2) is 44.8 Å². The first-order valence-electron chi connectivity index (χ1n) is 9.72. The summed E-state index contributed by atoms with van der Waals surface area (Å²) in [6.45, 7) is 6.43. The Hall–Kier alpha value is -2.38. The van der Waals surface area contributed by atoms with Gasteiger partial charge in [-0.15, -0.1) is 0 Å². The number of amides is 1. The number of anilines is 2. The Morgan fingerprint density at radius 2 is 1.71 bits per heavy atom. The summed E-state index contributed by atoms with van der Waals surface area (Å²) < 4.78 is 26.8. The van der Waals surface area contributed by atoms with Crippen LogP contribution in [0.4, 0.5) is 11.4 Å². The van der Waals surface area contributed by atoms with Crippen LogP contribution >= 0.6 is 0 Å². The van der Waals surface area contributed by atoms with E-state index in [4.69, 9.17) is 0 Å². The van der Waals surface area contributed by atoms with Gasteiger partial charge in [0.25, 0.3) is 5.91 Å². The SMILES string of the molecule is CCN(CC)S(=O)(=O)c1cccc(C(=O)Nc2cccc(N3CCCC3)c2)c1. The third-order valence-electron chi connectivity index (χ3n) is 5.01. The molecule has 0 aromatic heterocycles. The molecule has 1 aliphatic rings. The third kappa shape index (κ3) is 4.36. The smallest absolute Gasteiger partial charge is 0.255 e. The Labute approximate surface area is 167 Å². The van der Waals surface area contributed by atoms with Crippen molar-refractivity contribution in [3.8, 4) is 0 Å².